The van der Waals surface area contributed by atoms with Crippen LogP contribution in [0.25, 0.3) is 11.1 Å². The molecule has 0 unspecified atom stereocenters. The van der Waals surface area contributed by atoms with Gasteiger partial charge in [-0.2, -0.15) is 13.2 Å². The van der Waals surface area contributed by atoms with Crippen molar-refractivity contribution in [2.75, 3.05) is 0 Å². The molecule has 2 aromatic carbocycles. The molecule has 0 atom stereocenters. The molecule has 2 aromatic rings. The number of oxime groups is 1. The van der Waals surface area contributed by atoms with Gasteiger partial charge in [0.05, 0.1) is 17.7 Å². The lowest BCUT2D eigenvalue weighted by molar-refractivity contribution is -0.138. The van der Waals surface area contributed by atoms with Crippen LogP contribution in [0.5, 0.6) is 0 Å². The van der Waals surface area contributed by atoms with E-state index in [1.54, 1.807) is 0 Å². The summed E-state index contributed by atoms with van der Waals surface area (Å²) >= 11 is 0. The number of carboxylic acid groups (broad SMARTS) is 1. The molecule has 0 aliphatic carbocycles. The van der Waals surface area contributed by atoms with Crippen LogP contribution in [0.15, 0.2) is 47.6 Å². The Balaban J connectivity index is 2.28. The Labute approximate surface area is 140 Å². The monoisotopic (exact) mass is 355 g/mol. The van der Waals surface area contributed by atoms with Gasteiger partial charge in [-0.05, 0) is 35.4 Å². The maximum absolute atomic E-state index is 14.2. The average molecular weight is 355 g/mol. The van der Waals surface area contributed by atoms with Crippen LogP contribution in [-0.4, -0.2) is 22.0 Å². The largest absolute Gasteiger partial charge is 0.481 e. The van der Waals surface area contributed by atoms with Crippen molar-refractivity contribution in [1.29, 1.82) is 0 Å². The molecule has 2 rings (SSSR count). The van der Waals surface area contributed by atoms with Crippen LogP contribution in [0.3, 0.4) is 0 Å². The maximum Gasteiger partial charge on any atom is 0.416 e. The van der Waals surface area contributed by atoms with Gasteiger partial charge < -0.3 is 10.3 Å². The van der Waals surface area contributed by atoms with Crippen molar-refractivity contribution in [3.8, 4) is 11.1 Å². The SMILES string of the molecule is O=C(O)CC/C(=N\O)c1ccc(-c2ccc(C(F)(F)F)cc2)cc1F. The highest BCUT2D eigenvalue weighted by molar-refractivity contribution is 6.01. The number of rotatable bonds is 5. The molecule has 4 nitrogen and oxygen atoms in total. The molecule has 2 N–H and O–H groups in total. The zero-order chi connectivity index (χ0) is 18.6. The van der Waals surface area contributed by atoms with Crippen LogP contribution >= 0.6 is 0 Å². The third-order valence-electron chi connectivity index (χ3n) is 3.52. The number of carboxylic acids is 1. The molecule has 0 saturated heterocycles. The third kappa shape index (κ3) is 4.56. The first-order chi connectivity index (χ1) is 11.7. The molecule has 0 aliphatic rings. The minimum absolute atomic E-state index is 0.0700. The standard InChI is InChI=1S/C17H13F4NO3/c18-14-9-11(10-1-4-12(5-2-10)17(19,20)21)3-6-13(14)15(22-25)7-8-16(23)24/h1-6,9,25H,7-8H2,(H,23,24)/b22-15+. The Bertz CT molecular complexity index is 799. The summed E-state index contributed by atoms with van der Waals surface area (Å²) in [6.45, 7) is 0. The zero-order valence-corrected chi connectivity index (χ0v) is 12.7. The lowest BCUT2D eigenvalue weighted by atomic mass is 9.99. The van der Waals surface area contributed by atoms with Crippen LogP contribution in [0, 0.1) is 5.82 Å². The molecule has 0 bridgehead atoms. The third-order valence-corrected chi connectivity index (χ3v) is 3.52. The van der Waals surface area contributed by atoms with E-state index in [-0.39, 0.29) is 24.1 Å². The fourth-order valence-corrected chi connectivity index (χ4v) is 2.24. The molecular formula is C17H13F4NO3. The van der Waals surface area contributed by atoms with Gasteiger partial charge >= 0.3 is 12.1 Å². The summed E-state index contributed by atoms with van der Waals surface area (Å²) in [5.74, 6) is -1.89. The number of carbonyl (C=O) groups is 1. The minimum atomic E-state index is -4.45. The Kier molecular flexibility index (Phi) is 5.41. The highest BCUT2D eigenvalue weighted by Gasteiger charge is 2.30. The summed E-state index contributed by atoms with van der Waals surface area (Å²) in [5.41, 5.74) is -0.285. The van der Waals surface area contributed by atoms with E-state index in [1.807, 2.05) is 0 Å². The van der Waals surface area contributed by atoms with Crippen LogP contribution in [0.4, 0.5) is 17.6 Å². The van der Waals surface area contributed by atoms with Crippen molar-refractivity contribution in [1.82, 2.24) is 0 Å². The lowest BCUT2D eigenvalue weighted by Gasteiger charge is -2.10. The second-order valence-corrected chi connectivity index (χ2v) is 5.21. The van der Waals surface area contributed by atoms with Gasteiger partial charge in [0.2, 0.25) is 0 Å². The second kappa shape index (κ2) is 7.33. The van der Waals surface area contributed by atoms with Crippen LogP contribution in [0.1, 0.15) is 24.0 Å². The highest BCUT2D eigenvalue weighted by Crippen LogP contribution is 2.31. The van der Waals surface area contributed by atoms with Crippen molar-refractivity contribution in [3.63, 3.8) is 0 Å². The lowest BCUT2D eigenvalue weighted by Crippen LogP contribution is -2.07. The Hall–Kier alpha value is -2.90. The molecule has 132 valence electrons. The predicted octanol–water partition coefficient (Wildman–Crippen LogP) is 4.55. The van der Waals surface area contributed by atoms with E-state index in [0.717, 1.165) is 18.2 Å². The fourth-order valence-electron chi connectivity index (χ4n) is 2.24. The van der Waals surface area contributed by atoms with Crippen molar-refractivity contribution < 1.29 is 32.7 Å². The summed E-state index contributed by atoms with van der Waals surface area (Å²) in [6.07, 6.45) is -4.95. The summed E-state index contributed by atoms with van der Waals surface area (Å²) in [5, 5.41) is 20.5. The molecule has 0 saturated carbocycles. The van der Waals surface area contributed by atoms with E-state index in [9.17, 15) is 22.4 Å². The maximum atomic E-state index is 14.2. The summed E-state index contributed by atoms with van der Waals surface area (Å²) in [7, 11) is 0. The summed E-state index contributed by atoms with van der Waals surface area (Å²) in [6, 6.07) is 8.07. The second-order valence-electron chi connectivity index (χ2n) is 5.21. The van der Waals surface area contributed by atoms with Gasteiger partial charge in [0.25, 0.3) is 0 Å². The Morgan fingerprint density at radius 3 is 2.08 bits per heavy atom. The minimum Gasteiger partial charge on any atom is -0.481 e. The molecule has 0 spiro atoms. The highest BCUT2D eigenvalue weighted by atomic mass is 19.4. The molecular weight excluding hydrogens is 342 g/mol. The smallest absolute Gasteiger partial charge is 0.416 e. The topological polar surface area (TPSA) is 69.9 Å². The Morgan fingerprint density at radius 2 is 1.60 bits per heavy atom. The van der Waals surface area contributed by atoms with E-state index < -0.39 is 23.5 Å². The van der Waals surface area contributed by atoms with Crippen LogP contribution in [0.2, 0.25) is 0 Å². The van der Waals surface area contributed by atoms with Crippen molar-refractivity contribution in [2.24, 2.45) is 5.16 Å². The van der Waals surface area contributed by atoms with Gasteiger partial charge in [0, 0.05) is 12.0 Å². The van der Waals surface area contributed by atoms with Crippen molar-refractivity contribution in [3.05, 3.63) is 59.4 Å². The Morgan fingerprint density at radius 1 is 1.00 bits per heavy atom. The van der Waals surface area contributed by atoms with Gasteiger partial charge in [0.15, 0.2) is 0 Å². The normalized spacial score (nSPS) is 12.2. The fraction of sp³-hybridized carbons (Fsp3) is 0.176. The first kappa shape index (κ1) is 18.4. The number of alkyl halides is 3. The van der Waals surface area contributed by atoms with Crippen LogP contribution < -0.4 is 0 Å². The van der Waals surface area contributed by atoms with E-state index >= 15 is 0 Å². The summed E-state index contributed by atoms with van der Waals surface area (Å²) < 4.78 is 51.9. The molecule has 0 aliphatic heterocycles. The average Bonchev–Trinajstić information content (AvgIpc) is 2.55. The molecule has 0 radical (unpaired) electrons. The molecule has 0 fully saturated rings. The van der Waals surface area contributed by atoms with Crippen molar-refractivity contribution >= 4 is 11.7 Å². The van der Waals surface area contributed by atoms with Gasteiger partial charge in [-0.1, -0.05) is 23.4 Å². The summed E-state index contributed by atoms with van der Waals surface area (Å²) in [4.78, 5) is 10.6. The van der Waals surface area contributed by atoms with Gasteiger partial charge in [-0.15, -0.1) is 0 Å². The molecule has 8 heteroatoms. The van der Waals surface area contributed by atoms with Crippen LogP contribution in [-0.2, 0) is 11.0 Å². The predicted molar refractivity (Wildman–Crippen MR) is 82.0 cm³/mol. The number of benzene rings is 2. The van der Waals surface area contributed by atoms with E-state index in [4.69, 9.17) is 10.3 Å². The molecule has 0 heterocycles. The number of nitrogens with zero attached hydrogens (tertiary/aromatic N) is 1. The molecule has 0 amide bonds. The van der Waals surface area contributed by atoms with Gasteiger partial charge in [-0.25, -0.2) is 4.39 Å². The number of hydrogen-bond acceptors (Lipinski definition) is 3. The van der Waals surface area contributed by atoms with E-state index in [2.05, 4.69) is 5.16 Å². The van der Waals surface area contributed by atoms with E-state index in [0.29, 0.717) is 11.1 Å². The van der Waals surface area contributed by atoms with Crippen molar-refractivity contribution in [2.45, 2.75) is 19.0 Å². The van der Waals surface area contributed by atoms with Gasteiger partial charge in [-0.3, -0.25) is 4.79 Å². The first-order valence-electron chi connectivity index (χ1n) is 7.12. The molecule has 0 aromatic heterocycles. The van der Waals surface area contributed by atoms with E-state index in [1.165, 1.54) is 24.3 Å². The quantitative estimate of drug-likeness (QED) is 0.358. The number of aliphatic carboxylic acids is 1. The van der Waals surface area contributed by atoms with Gasteiger partial charge in [0.1, 0.15) is 5.82 Å². The number of halogens is 4. The molecule has 25 heavy (non-hydrogen) atoms. The zero-order valence-electron chi connectivity index (χ0n) is 12.7. The first-order valence-corrected chi connectivity index (χ1v) is 7.12. The number of hydrogen-bond donors (Lipinski definition) is 2.